The molecule has 1 amide bonds. The van der Waals surface area contributed by atoms with E-state index < -0.39 is 5.41 Å². The van der Waals surface area contributed by atoms with Crippen LogP contribution < -0.4 is 10.1 Å². The zero-order chi connectivity index (χ0) is 21.4. The Morgan fingerprint density at radius 2 is 2.10 bits per heavy atom. The van der Waals surface area contributed by atoms with Crippen molar-refractivity contribution < 1.29 is 13.9 Å². The Bertz CT molecular complexity index is 1260. The molecule has 8 heteroatoms. The van der Waals surface area contributed by atoms with Crippen LogP contribution in [0.1, 0.15) is 24.1 Å². The van der Waals surface area contributed by atoms with Gasteiger partial charge in [0.2, 0.25) is 10.9 Å². The fourth-order valence-corrected chi connectivity index (χ4v) is 4.76. The number of ether oxygens (including phenoxy) is 1. The van der Waals surface area contributed by atoms with Gasteiger partial charge in [0.15, 0.2) is 5.82 Å². The number of rotatable bonds is 7. The minimum Gasteiger partial charge on any atom is -0.496 e. The van der Waals surface area contributed by atoms with E-state index in [0.717, 1.165) is 34.8 Å². The molecule has 1 aliphatic rings. The minimum atomic E-state index is -0.492. The second-order valence-electron chi connectivity index (χ2n) is 7.66. The highest BCUT2D eigenvalue weighted by Crippen LogP contribution is 2.51. The molecule has 158 valence electrons. The van der Waals surface area contributed by atoms with Crippen LogP contribution in [-0.2, 0) is 16.6 Å². The molecule has 0 aliphatic heterocycles. The fourth-order valence-electron chi connectivity index (χ4n) is 3.90. The third-order valence-electron chi connectivity index (χ3n) is 5.71. The van der Waals surface area contributed by atoms with Crippen molar-refractivity contribution in [3.8, 4) is 17.1 Å². The SMILES string of the molecule is COc1ccccc1C1(C(=O)NCCc2csc3nc(-c4cccc(F)c4)nn23)CC1. The molecule has 1 saturated carbocycles. The average molecular weight is 437 g/mol. The second-order valence-corrected chi connectivity index (χ2v) is 8.49. The quantitative estimate of drug-likeness (QED) is 0.476. The zero-order valence-electron chi connectivity index (χ0n) is 17.0. The lowest BCUT2D eigenvalue weighted by Gasteiger charge is -2.18. The van der Waals surface area contributed by atoms with Crippen molar-refractivity contribution in [1.29, 1.82) is 0 Å². The number of benzene rings is 2. The number of hydrogen-bond donors (Lipinski definition) is 1. The number of fused-ring (bicyclic) bond motifs is 1. The van der Waals surface area contributed by atoms with Gasteiger partial charge >= 0.3 is 0 Å². The zero-order valence-corrected chi connectivity index (χ0v) is 17.8. The number of halogens is 1. The third-order valence-corrected chi connectivity index (χ3v) is 6.57. The number of amides is 1. The molecule has 0 bridgehead atoms. The van der Waals surface area contributed by atoms with Gasteiger partial charge < -0.3 is 10.1 Å². The van der Waals surface area contributed by atoms with E-state index in [1.54, 1.807) is 23.8 Å². The molecule has 31 heavy (non-hydrogen) atoms. The van der Waals surface area contributed by atoms with Crippen LogP contribution >= 0.6 is 11.3 Å². The molecule has 0 unspecified atom stereocenters. The highest BCUT2D eigenvalue weighted by Gasteiger charge is 2.52. The number of hydrogen-bond acceptors (Lipinski definition) is 5. The van der Waals surface area contributed by atoms with E-state index in [2.05, 4.69) is 15.4 Å². The van der Waals surface area contributed by atoms with Crippen molar-refractivity contribution in [1.82, 2.24) is 19.9 Å². The highest BCUT2D eigenvalue weighted by molar-refractivity contribution is 7.15. The number of nitrogens with zero attached hydrogens (tertiary/aromatic N) is 3. The summed E-state index contributed by atoms with van der Waals surface area (Å²) in [4.78, 5) is 18.2. The summed E-state index contributed by atoms with van der Waals surface area (Å²) in [6.45, 7) is 0.497. The van der Waals surface area contributed by atoms with Crippen LogP contribution in [0.5, 0.6) is 5.75 Å². The summed E-state index contributed by atoms with van der Waals surface area (Å²) in [5.41, 5.74) is 2.05. The summed E-state index contributed by atoms with van der Waals surface area (Å²) >= 11 is 1.48. The average Bonchev–Trinajstić information content (AvgIpc) is 3.35. The lowest BCUT2D eigenvalue weighted by atomic mass is 9.94. The number of nitrogens with one attached hydrogen (secondary N) is 1. The summed E-state index contributed by atoms with van der Waals surface area (Å²) < 4.78 is 20.7. The van der Waals surface area contributed by atoms with Crippen molar-refractivity contribution in [2.75, 3.05) is 13.7 Å². The van der Waals surface area contributed by atoms with E-state index in [0.29, 0.717) is 24.4 Å². The first-order valence-corrected chi connectivity index (χ1v) is 11.0. The van der Waals surface area contributed by atoms with Crippen LogP contribution in [0, 0.1) is 5.82 Å². The number of methoxy groups -OCH3 is 1. The van der Waals surface area contributed by atoms with E-state index in [-0.39, 0.29) is 11.7 Å². The maximum Gasteiger partial charge on any atom is 0.230 e. The van der Waals surface area contributed by atoms with Crippen LogP contribution in [0.3, 0.4) is 0 Å². The summed E-state index contributed by atoms with van der Waals surface area (Å²) in [5, 5.41) is 9.61. The summed E-state index contributed by atoms with van der Waals surface area (Å²) in [5.74, 6) is 0.956. The van der Waals surface area contributed by atoms with Gasteiger partial charge in [-0.25, -0.2) is 8.91 Å². The maximum absolute atomic E-state index is 13.5. The topological polar surface area (TPSA) is 68.5 Å². The summed E-state index contributed by atoms with van der Waals surface area (Å²) in [7, 11) is 1.63. The van der Waals surface area contributed by atoms with Crippen LogP contribution in [0.4, 0.5) is 4.39 Å². The first-order valence-electron chi connectivity index (χ1n) is 10.1. The van der Waals surface area contributed by atoms with E-state index in [4.69, 9.17) is 4.74 Å². The lowest BCUT2D eigenvalue weighted by Crippen LogP contribution is -2.36. The van der Waals surface area contributed by atoms with Crippen molar-refractivity contribution in [3.63, 3.8) is 0 Å². The van der Waals surface area contributed by atoms with E-state index in [9.17, 15) is 9.18 Å². The highest BCUT2D eigenvalue weighted by atomic mass is 32.1. The molecule has 1 aliphatic carbocycles. The summed E-state index contributed by atoms with van der Waals surface area (Å²) in [6, 6.07) is 14.0. The van der Waals surface area contributed by atoms with E-state index in [1.807, 2.05) is 29.6 Å². The monoisotopic (exact) mass is 436 g/mol. The molecule has 5 rings (SSSR count). The number of para-hydroxylation sites is 1. The predicted octanol–water partition coefficient (Wildman–Crippen LogP) is 4.00. The smallest absolute Gasteiger partial charge is 0.230 e. The van der Waals surface area contributed by atoms with Gasteiger partial charge in [0, 0.05) is 29.5 Å². The number of aromatic nitrogens is 3. The molecule has 1 fully saturated rings. The van der Waals surface area contributed by atoms with Crippen LogP contribution in [-0.4, -0.2) is 34.2 Å². The van der Waals surface area contributed by atoms with Crippen molar-refractivity contribution in [3.05, 3.63) is 71.0 Å². The molecule has 4 aromatic rings. The molecular weight excluding hydrogens is 415 g/mol. The van der Waals surface area contributed by atoms with Crippen LogP contribution in [0.25, 0.3) is 16.3 Å². The predicted molar refractivity (Wildman–Crippen MR) is 117 cm³/mol. The molecule has 6 nitrogen and oxygen atoms in total. The molecule has 0 saturated heterocycles. The Labute approximate surface area is 182 Å². The maximum atomic E-state index is 13.5. The largest absolute Gasteiger partial charge is 0.496 e. The Kier molecular flexibility index (Phi) is 4.94. The number of carbonyl (C=O) groups is 1. The summed E-state index contributed by atoms with van der Waals surface area (Å²) in [6.07, 6.45) is 2.27. The van der Waals surface area contributed by atoms with E-state index >= 15 is 0 Å². The van der Waals surface area contributed by atoms with Crippen LogP contribution in [0.2, 0.25) is 0 Å². The van der Waals surface area contributed by atoms with Crippen molar-refractivity contribution >= 4 is 22.2 Å². The fraction of sp³-hybridized carbons (Fsp3) is 0.261. The Morgan fingerprint density at radius 3 is 2.87 bits per heavy atom. The molecule has 0 atom stereocenters. The first kappa shape index (κ1) is 19.7. The van der Waals surface area contributed by atoms with Gasteiger partial charge in [-0.3, -0.25) is 4.79 Å². The normalized spacial score (nSPS) is 14.5. The van der Waals surface area contributed by atoms with Gasteiger partial charge in [-0.2, -0.15) is 4.98 Å². The lowest BCUT2D eigenvalue weighted by molar-refractivity contribution is -0.123. The van der Waals surface area contributed by atoms with Crippen molar-refractivity contribution in [2.24, 2.45) is 0 Å². The molecule has 0 spiro atoms. The van der Waals surface area contributed by atoms with Gasteiger partial charge in [-0.05, 0) is 31.0 Å². The standard InChI is InChI=1S/C23H21FN4O2S/c1-30-19-8-3-2-7-18(19)23(10-11-23)21(29)25-12-9-17-14-31-22-26-20(27-28(17)22)15-5-4-6-16(24)13-15/h2-8,13-14H,9-12H2,1H3,(H,25,29). The Balaban J connectivity index is 1.28. The van der Waals surface area contributed by atoms with E-state index in [1.165, 1.54) is 23.5 Å². The van der Waals surface area contributed by atoms with Crippen LogP contribution in [0.15, 0.2) is 53.9 Å². The molecule has 2 aromatic carbocycles. The Hall–Kier alpha value is -3.26. The molecule has 2 heterocycles. The third kappa shape index (κ3) is 3.57. The second kappa shape index (κ2) is 7.77. The van der Waals surface area contributed by atoms with Gasteiger partial charge in [0.1, 0.15) is 11.6 Å². The van der Waals surface area contributed by atoms with Gasteiger partial charge in [0.05, 0.1) is 18.2 Å². The molecule has 0 radical (unpaired) electrons. The minimum absolute atomic E-state index is 0.0301. The van der Waals surface area contributed by atoms with Gasteiger partial charge in [-0.15, -0.1) is 16.4 Å². The van der Waals surface area contributed by atoms with Gasteiger partial charge in [0.25, 0.3) is 0 Å². The van der Waals surface area contributed by atoms with Gasteiger partial charge in [-0.1, -0.05) is 30.3 Å². The molecule has 2 aromatic heterocycles. The number of carbonyl (C=O) groups excluding carboxylic acids is 1. The number of thiazole rings is 1. The Morgan fingerprint density at radius 1 is 1.26 bits per heavy atom. The van der Waals surface area contributed by atoms with Crippen molar-refractivity contribution in [2.45, 2.75) is 24.7 Å². The molecular formula is C23H21FN4O2S. The molecule has 1 N–H and O–H groups in total. The first-order chi connectivity index (χ1) is 15.1.